The number of aryl methyl sites for hydroxylation is 1. The fourth-order valence-corrected chi connectivity index (χ4v) is 5.19. The van der Waals surface area contributed by atoms with Gasteiger partial charge in [0, 0.05) is 50.2 Å². The molecule has 5 rings (SSSR count). The Morgan fingerprint density at radius 3 is 2.54 bits per heavy atom. The van der Waals surface area contributed by atoms with Gasteiger partial charge < -0.3 is 15.5 Å². The predicted molar refractivity (Wildman–Crippen MR) is 146 cm³/mol. The Labute approximate surface area is 226 Å². The maximum absolute atomic E-state index is 13.7. The zero-order valence-corrected chi connectivity index (χ0v) is 22.1. The summed E-state index contributed by atoms with van der Waals surface area (Å²) in [6.45, 7) is 4.79. The van der Waals surface area contributed by atoms with Crippen LogP contribution in [0.15, 0.2) is 60.9 Å². The van der Waals surface area contributed by atoms with Crippen LogP contribution in [0.5, 0.6) is 0 Å². The maximum Gasteiger partial charge on any atom is 0.254 e. The number of halogens is 1. The molecule has 1 saturated heterocycles. The van der Waals surface area contributed by atoms with Crippen molar-refractivity contribution in [2.24, 2.45) is 0 Å². The van der Waals surface area contributed by atoms with Crippen molar-refractivity contribution in [3.05, 3.63) is 89.1 Å². The van der Waals surface area contributed by atoms with Crippen molar-refractivity contribution in [3.63, 3.8) is 0 Å². The van der Waals surface area contributed by atoms with Gasteiger partial charge in [-0.3, -0.25) is 9.59 Å². The molecule has 0 spiro atoms. The van der Waals surface area contributed by atoms with Crippen LogP contribution in [0.25, 0.3) is 5.78 Å². The average molecular weight is 530 g/mol. The Morgan fingerprint density at radius 1 is 1.08 bits per heavy atom. The SMILES string of the molecule is CC(=O)N[C@H](Cc1cccc(F)c1)C(=O)NC1CCN(c2c(Cc3ccccc3)c(C)nc3ncnn23)CC1. The van der Waals surface area contributed by atoms with Crippen molar-refractivity contribution in [1.82, 2.24) is 30.2 Å². The van der Waals surface area contributed by atoms with Crippen LogP contribution in [0.3, 0.4) is 0 Å². The van der Waals surface area contributed by atoms with Crippen molar-refractivity contribution in [2.75, 3.05) is 18.0 Å². The van der Waals surface area contributed by atoms with Gasteiger partial charge in [-0.2, -0.15) is 14.6 Å². The molecule has 39 heavy (non-hydrogen) atoms. The number of piperidine rings is 1. The summed E-state index contributed by atoms with van der Waals surface area (Å²) >= 11 is 0. The van der Waals surface area contributed by atoms with Crippen molar-refractivity contribution in [3.8, 4) is 0 Å². The summed E-state index contributed by atoms with van der Waals surface area (Å²) in [6.07, 6.45) is 3.90. The van der Waals surface area contributed by atoms with Crippen molar-refractivity contribution in [1.29, 1.82) is 0 Å². The van der Waals surface area contributed by atoms with E-state index in [4.69, 9.17) is 0 Å². The number of hydrogen-bond donors (Lipinski definition) is 2. The first kappa shape index (κ1) is 26.3. The zero-order chi connectivity index (χ0) is 27.4. The van der Waals surface area contributed by atoms with Crippen LogP contribution in [0.1, 0.15) is 42.1 Å². The molecule has 1 fully saturated rings. The molecule has 0 unspecified atom stereocenters. The molecule has 1 aliphatic rings. The summed E-state index contributed by atoms with van der Waals surface area (Å²) in [7, 11) is 0. The Kier molecular flexibility index (Phi) is 7.81. The lowest BCUT2D eigenvalue weighted by Gasteiger charge is -2.35. The molecule has 10 heteroatoms. The van der Waals surface area contributed by atoms with E-state index in [-0.39, 0.29) is 30.1 Å². The summed E-state index contributed by atoms with van der Waals surface area (Å²) in [6, 6.07) is 15.5. The first-order valence-electron chi connectivity index (χ1n) is 13.2. The lowest BCUT2D eigenvalue weighted by molar-refractivity contribution is -0.128. The van der Waals surface area contributed by atoms with E-state index in [1.807, 2.05) is 25.1 Å². The van der Waals surface area contributed by atoms with Crippen molar-refractivity contribution in [2.45, 2.75) is 51.6 Å². The summed E-state index contributed by atoms with van der Waals surface area (Å²) in [5, 5.41) is 10.3. The molecule has 0 saturated carbocycles. The topological polar surface area (TPSA) is 105 Å². The minimum atomic E-state index is -0.780. The van der Waals surface area contributed by atoms with Gasteiger partial charge in [0.2, 0.25) is 11.8 Å². The van der Waals surface area contributed by atoms with E-state index in [1.165, 1.54) is 30.9 Å². The number of aromatic nitrogens is 4. The third-order valence-corrected chi connectivity index (χ3v) is 7.09. The summed E-state index contributed by atoms with van der Waals surface area (Å²) in [5.74, 6) is 0.589. The second-order valence-corrected chi connectivity index (χ2v) is 9.99. The maximum atomic E-state index is 13.7. The summed E-state index contributed by atoms with van der Waals surface area (Å²) < 4.78 is 15.5. The van der Waals surface area contributed by atoms with Gasteiger partial charge in [0.05, 0.1) is 0 Å². The quantitative estimate of drug-likeness (QED) is 0.364. The number of anilines is 1. The van der Waals surface area contributed by atoms with Gasteiger partial charge in [0.15, 0.2) is 0 Å². The number of carbonyl (C=O) groups is 2. The molecule has 0 bridgehead atoms. The third-order valence-electron chi connectivity index (χ3n) is 7.09. The van der Waals surface area contributed by atoms with Gasteiger partial charge in [-0.05, 0) is 43.0 Å². The molecule has 202 valence electrons. The summed E-state index contributed by atoms with van der Waals surface area (Å²) in [4.78, 5) is 36.2. The van der Waals surface area contributed by atoms with E-state index in [0.29, 0.717) is 24.4 Å². The number of nitrogens with zero attached hydrogens (tertiary/aromatic N) is 5. The number of nitrogens with one attached hydrogen (secondary N) is 2. The highest BCUT2D eigenvalue weighted by atomic mass is 19.1. The molecule has 4 aromatic rings. The molecule has 0 radical (unpaired) electrons. The van der Waals surface area contributed by atoms with Crippen LogP contribution in [-0.2, 0) is 22.4 Å². The van der Waals surface area contributed by atoms with Crippen LogP contribution in [0, 0.1) is 12.7 Å². The number of rotatable bonds is 8. The van der Waals surface area contributed by atoms with Crippen molar-refractivity contribution < 1.29 is 14.0 Å². The predicted octanol–water partition coefficient (Wildman–Crippen LogP) is 3.00. The lowest BCUT2D eigenvalue weighted by Crippen LogP contribution is -2.52. The number of amides is 2. The van der Waals surface area contributed by atoms with E-state index < -0.39 is 6.04 Å². The molecule has 2 aromatic carbocycles. The van der Waals surface area contributed by atoms with E-state index in [2.05, 4.69) is 42.7 Å². The highest BCUT2D eigenvalue weighted by molar-refractivity contribution is 5.87. The number of fused-ring (bicyclic) bond motifs is 1. The monoisotopic (exact) mass is 529 g/mol. The molecule has 2 aromatic heterocycles. The first-order valence-corrected chi connectivity index (χ1v) is 13.2. The smallest absolute Gasteiger partial charge is 0.254 e. The van der Waals surface area contributed by atoms with E-state index in [9.17, 15) is 14.0 Å². The average Bonchev–Trinajstić information content (AvgIpc) is 3.37. The van der Waals surface area contributed by atoms with Gasteiger partial charge in [-0.25, -0.2) is 9.37 Å². The molecule has 2 N–H and O–H groups in total. The summed E-state index contributed by atoms with van der Waals surface area (Å²) in [5.41, 5.74) is 3.85. The fraction of sp³-hybridized carbons (Fsp3) is 0.345. The van der Waals surface area contributed by atoms with E-state index >= 15 is 0 Å². The minimum Gasteiger partial charge on any atom is -0.356 e. The lowest BCUT2D eigenvalue weighted by atomic mass is 10.00. The third kappa shape index (κ3) is 6.22. The van der Waals surface area contributed by atoms with Crippen LogP contribution in [0.4, 0.5) is 10.2 Å². The molecule has 9 nitrogen and oxygen atoms in total. The molecule has 3 heterocycles. The molecule has 2 amide bonds. The Balaban J connectivity index is 1.30. The van der Waals surface area contributed by atoms with Crippen LogP contribution < -0.4 is 15.5 Å². The Morgan fingerprint density at radius 2 is 1.82 bits per heavy atom. The van der Waals surface area contributed by atoms with Crippen LogP contribution >= 0.6 is 0 Å². The Hall–Kier alpha value is -4.34. The normalized spacial score (nSPS) is 14.8. The largest absolute Gasteiger partial charge is 0.356 e. The number of hydrogen-bond acceptors (Lipinski definition) is 6. The van der Waals surface area contributed by atoms with Crippen LogP contribution in [-0.4, -0.2) is 56.6 Å². The second kappa shape index (κ2) is 11.6. The molecule has 1 atom stereocenters. The fourth-order valence-electron chi connectivity index (χ4n) is 5.19. The Bertz CT molecular complexity index is 1470. The molecular formula is C29H32FN7O2. The van der Waals surface area contributed by atoms with Gasteiger partial charge in [0.1, 0.15) is 24.0 Å². The van der Waals surface area contributed by atoms with Gasteiger partial charge in [0.25, 0.3) is 5.78 Å². The molecular weight excluding hydrogens is 497 g/mol. The molecule has 1 aliphatic heterocycles. The highest BCUT2D eigenvalue weighted by Crippen LogP contribution is 2.28. The van der Waals surface area contributed by atoms with E-state index in [1.54, 1.807) is 16.6 Å². The zero-order valence-electron chi connectivity index (χ0n) is 22.1. The number of benzene rings is 2. The highest BCUT2D eigenvalue weighted by Gasteiger charge is 2.28. The van der Waals surface area contributed by atoms with E-state index in [0.717, 1.165) is 36.3 Å². The standard InChI is InChI=1S/C29H32FN7O2/c1-19-25(16-21-7-4-3-5-8-21)28(37-29(33-19)31-18-32-37)36-13-11-24(12-14-36)35-27(39)26(34-20(2)38)17-22-9-6-10-23(30)15-22/h3-10,15,18,24,26H,11-14,16-17H2,1-2H3,(H,34,38)(H,35,39)/t26-/m1/s1. The minimum absolute atomic E-state index is 0.0516. The van der Waals surface area contributed by atoms with Gasteiger partial charge in [-0.1, -0.05) is 42.5 Å². The van der Waals surface area contributed by atoms with Crippen LogP contribution in [0.2, 0.25) is 0 Å². The van der Waals surface area contributed by atoms with Gasteiger partial charge >= 0.3 is 0 Å². The van der Waals surface area contributed by atoms with Gasteiger partial charge in [-0.15, -0.1) is 0 Å². The number of carbonyl (C=O) groups excluding carboxylic acids is 2. The first-order chi connectivity index (χ1) is 18.9. The second-order valence-electron chi connectivity index (χ2n) is 9.99. The van der Waals surface area contributed by atoms with Crippen molar-refractivity contribution >= 4 is 23.4 Å². The molecule has 0 aliphatic carbocycles.